The standard InChI is InChI=1S/2C18H20N2.C12H8N2.2ClH.Ni/c2*1-11(2)15-9-7-13-5-6-14-8-10-16(12(3)4)20-18(14)17(13)19-15;1-3-9-5-6-10-4-2-8-14-12(10)11(9)13-7-1;;;/h2*5-12H,1-4H3;1-8H;2*1H;/q;;;;;+2/p-2. The van der Waals surface area contributed by atoms with Gasteiger partial charge in [0.25, 0.3) is 0 Å². The molecule has 6 nitrogen and oxygen atoms in total. The normalized spacial score (nSPS) is 11.4. The van der Waals surface area contributed by atoms with Gasteiger partial charge in [-0.05, 0) is 60.1 Å². The molecule has 0 amide bonds. The van der Waals surface area contributed by atoms with Crippen molar-refractivity contribution in [3.05, 3.63) is 144 Å². The zero-order chi connectivity index (χ0) is 40.6. The average molecular weight is 839 g/mol. The molecule has 9 heteroatoms. The van der Waals surface area contributed by atoms with E-state index in [1.807, 2.05) is 12.1 Å². The van der Waals surface area contributed by atoms with Crippen molar-refractivity contribution in [2.75, 3.05) is 0 Å². The van der Waals surface area contributed by atoms with Crippen LogP contribution in [0.3, 0.4) is 0 Å². The van der Waals surface area contributed by atoms with E-state index in [0.717, 1.165) is 88.2 Å². The zero-order valence-electron chi connectivity index (χ0n) is 33.6. The second-order valence-electron chi connectivity index (χ2n) is 15.2. The van der Waals surface area contributed by atoms with Crippen molar-refractivity contribution in [2.45, 2.75) is 79.1 Å². The molecule has 0 atom stereocenters. The Kier molecular flexibility index (Phi) is 14.0. The van der Waals surface area contributed by atoms with Crippen LogP contribution in [-0.4, -0.2) is 29.9 Å². The summed E-state index contributed by atoms with van der Waals surface area (Å²) in [5.74, 6) is 1.73. The number of hydrogen-bond donors (Lipinski definition) is 0. The third-order valence-corrected chi connectivity index (χ3v) is 9.84. The van der Waals surface area contributed by atoms with Crippen molar-refractivity contribution < 1.29 is 12.7 Å². The van der Waals surface area contributed by atoms with Crippen LogP contribution in [-0.2, 0) is 12.7 Å². The fourth-order valence-electron chi connectivity index (χ4n) is 6.56. The van der Waals surface area contributed by atoms with Crippen molar-refractivity contribution in [3.63, 3.8) is 0 Å². The molecule has 6 heterocycles. The van der Waals surface area contributed by atoms with Crippen LogP contribution in [0.5, 0.6) is 0 Å². The van der Waals surface area contributed by atoms with Crippen LogP contribution in [0.25, 0.3) is 65.4 Å². The summed E-state index contributed by atoms with van der Waals surface area (Å²) in [5.41, 5.74) is 10.6. The van der Waals surface area contributed by atoms with Gasteiger partial charge in [0.05, 0.1) is 33.1 Å². The molecule has 0 bridgehead atoms. The van der Waals surface area contributed by atoms with Crippen LogP contribution in [0.1, 0.15) is 102 Å². The fraction of sp³-hybridized carbons (Fsp3) is 0.250. The Morgan fingerprint density at radius 1 is 0.333 bits per heavy atom. The summed E-state index contributed by atoms with van der Waals surface area (Å²) in [4.78, 5) is 28.1. The molecule has 9 aromatic rings. The minimum absolute atomic E-state index is 0.433. The van der Waals surface area contributed by atoms with Crippen LogP contribution < -0.4 is 0 Å². The number of fused-ring (bicyclic) bond motifs is 9. The summed E-state index contributed by atoms with van der Waals surface area (Å²) < 4.78 is 0. The Hall–Kier alpha value is -4.81. The predicted octanol–water partition coefficient (Wildman–Crippen LogP) is 14.2. The molecule has 0 spiro atoms. The first-order chi connectivity index (χ1) is 27.5. The third-order valence-electron chi connectivity index (χ3n) is 9.84. The molecule has 0 saturated heterocycles. The molecule has 57 heavy (non-hydrogen) atoms. The van der Waals surface area contributed by atoms with Gasteiger partial charge in [0.15, 0.2) is 0 Å². The molecule has 0 aliphatic carbocycles. The number of nitrogens with zero attached hydrogens (tertiary/aromatic N) is 6. The smallest absolute Gasteiger partial charge is 0.0964 e. The molecule has 0 aliphatic rings. The number of aromatic nitrogens is 6. The van der Waals surface area contributed by atoms with Crippen LogP contribution in [0.4, 0.5) is 0 Å². The van der Waals surface area contributed by atoms with Crippen LogP contribution >= 0.6 is 20.4 Å². The first-order valence-electron chi connectivity index (χ1n) is 19.3. The van der Waals surface area contributed by atoms with E-state index in [4.69, 9.17) is 40.3 Å². The molecular formula is C48H48Cl2N6Ni. The fourth-order valence-corrected chi connectivity index (χ4v) is 6.56. The molecule has 9 rings (SSSR count). The van der Waals surface area contributed by atoms with Crippen molar-refractivity contribution in [1.29, 1.82) is 0 Å². The van der Waals surface area contributed by atoms with Gasteiger partial charge >= 0.3 is 33.0 Å². The van der Waals surface area contributed by atoms with E-state index in [1.54, 1.807) is 12.4 Å². The molecule has 0 fully saturated rings. The summed E-state index contributed by atoms with van der Waals surface area (Å²) in [6.45, 7) is 17.4. The number of benzene rings is 3. The maximum atomic E-state index is 4.84. The number of hydrogen-bond acceptors (Lipinski definition) is 6. The molecule has 0 radical (unpaired) electrons. The molecule has 0 unspecified atom stereocenters. The van der Waals surface area contributed by atoms with E-state index in [9.17, 15) is 0 Å². The minimum atomic E-state index is 0.433. The van der Waals surface area contributed by atoms with Gasteiger partial charge in [-0.3, -0.25) is 29.9 Å². The van der Waals surface area contributed by atoms with Crippen LogP contribution in [0.15, 0.2) is 122 Å². The zero-order valence-corrected chi connectivity index (χ0v) is 36.1. The van der Waals surface area contributed by atoms with E-state index in [-0.39, 0.29) is 0 Å². The van der Waals surface area contributed by atoms with Gasteiger partial charge in [-0.25, -0.2) is 0 Å². The first kappa shape index (κ1) is 41.8. The summed E-state index contributed by atoms with van der Waals surface area (Å²) in [6, 6.07) is 37.7. The molecular weight excluding hydrogens is 790 g/mol. The Balaban J connectivity index is 0.000000142. The van der Waals surface area contributed by atoms with Gasteiger partial charge in [0.2, 0.25) is 0 Å². The predicted molar refractivity (Wildman–Crippen MR) is 239 cm³/mol. The van der Waals surface area contributed by atoms with E-state index in [2.05, 4.69) is 162 Å². The van der Waals surface area contributed by atoms with Gasteiger partial charge in [-0.1, -0.05) is 128 Å². The van der Waals surface area contributed by atoms with Crippen molar-refractivity contribution in [3.8, 4) is 0 Å². The van der Waals surface area contributed by atoms with Gasteiger partial charge in [0.1, 0.15) is 0 Å². The van der Waals surface area contributed by atoms with Crippen LogP contribution in [0, 0.1) is 0 Å². The van der Waals surface area contributed by atoms with Crippen molar-refractivity contribution in [2.24, 2.45) is 0 Å². The van der Waals surface area contributed by atoms with Gasteiger partial charge < -0.3 is 0 Å². The van der Waals surface area contributed by atoms with Crippen molar-refractivity contribution in [1.82, 2.24) is 29.9 Å². The average Bonchev–Trinajstić information content (AvgIpc) is 3.23. The first-order valence-corrected chi connectivity index (χ1v) is 22.0. The van der Waals surface area contributed by atoms with Gasteiger partial charge in [0, 0.05) is 67.5 Å². The molecule has 6 aromatic heterocycles. The Morgan fingerprint density at radius 3 is 0.772 bits per heavy atom. The quantitative estimate of drug-likeness (QED) is 0.130. The molecule has 294 valence electrons. The Bertz CT molecular complexity index is 2460. The minimum Gasteiger partial charge on any atom is -0.254 e. The molecule has 0 N–H and O–H groups in total. The summed E-state index contributed by atoms with van der Waals surface area (Å²) >= 11 is 0.569. The number of pyridine rings is 6. The summed E-state index contributed by atoms with van der Waals surface area (Å²) in [5, 5.41) is 6.92. The maximum Gasteiger partial charge on any atom is 0.0964 e. The van der Waals surface area contributed by atoms with Crippen LogP contribution in [0.2, 0.25) is 0 Å². The Morgan fingerprint density at radius 2 is 0.544 bits per heavy atom. The molecule has 0 aliphatic heterocycles. The summed E-state index contributed by atoms with van der Waals surface area (Å²) in [7, 11) is 9.40. The largest absolute Gasteiger partial charge is 0.254 e. The van der Waals surface area contributed by atoms with E-state index >= 15 is 0 Å². The van der Waals surface area contributed by atoms with E-state index < -0.39 is 0 Å². The third kappa shape index (κ3) is 9.84. The topological polar surface area (TPSA) is 77.3 Å². The second kappa shape index (κ2) is 19.1. The molecule has 3 aromatic carbocycles. The monoisotopic (exact) mass is 836 g/mol. The van der Waals surface area contributed by atoms with E-state index in [1.165, 1.54) is 0 Å². The summed E-state index contributed by atoms with van der Waals surface area (Å²) in [6.07, 6.45) is 3.60. The van der Waals surface area contributed by atoms with Crippen molar-refractivity contribution >= 4 is 85.8 Å². The maximum absolute atomic E-state index is 4.84. The second-order valence-corrected chi connectivity index (χ2v) is 16.9. The van der Waals surface area contributed by atoms with Gasteiger partial charge in [-0.15, -0.1) is 0 Å². The number of halogens is 2. The number of rotatable bonds is 4. The molecule has 0 saturated carbocycles. The SMILES string of the molecule is CC(C)c1ccc2ccc3ccc(C(C)C)nc3c2n1.CC(C)c1ccc2ccc3ccc(C(C)C)nc3c2n1.[Cl][Ni][Cl].c1cnc2c(c1)ccc1cccnc12. The van der Waals surface area contributed by atoms with E-state index in [0.29, 0.717) is 36.3 Å². The Labute approximate surface area is 349 Å². The van der Waals surface area contributed by atoms with Gasteiger partial charge in [-0.2, -0.15) is 0 Å².